The summed E-state index contributed by atoms with van der Waals surface area (Å²) in [6, 6.07) is -0.458. The summed E-state index contributed by atoms with van der Waals surface area (Å²) in [5.74, 6) is 0. The number of hydrogen-bond donors (Lipinski definition) is 2. The van der Waals surface area contributed by atoms with Crippen LogP contribution in [0, 0.1) is 0 Å². The van der Waals surface area contributed by atoms with Gasteiger partial charge in [-0.05, 0) is 13.3 Å². The second-order valence-electron chi connectivity index (χ2n) is 5.19. The van der Waals surface area contributed by atoms with Crippen molar-refractivity contribution in [1.82, 2.24) is 24.2 Å². The Morgan fingerprint density at radius 1 is 1.43 bits per heavy atom. The number of aromatic nitrogens is 4. The van der Waals surface area contributed by atoms with Gasteiger partial charge in [-0.2, -0.15) is 0 Å². The zero-order valence-electron chi connectivity index (χ0n) is 12.5. The van der Waals surface area contributed by atoms with E-state index in [1.54, 1.807) is 24.9 Å². The number of hydroxylamine groups is 1. The van der Waals surface area contributed by atoms with Crippen molar-refractivity contribution in [2.45, 2.75) is 39.3 Å². The van der Waals surface area contributed by atoms with Crippen molar-refractivity contribution in [3.63, 3.8) is 0 Å². The highest BCUT2D eigenvalue weighted by Gasteiger charge is 2.19. The van der Waals surface area contributed by atoms with Crippen molar-refractivity contribution in [3.05, 3.63) is 27.2 Å². The van der Waals surface area contributed by atoms with E-state index in [0.717, 1.165) is 17.4 Å². The first-order valence-corrected chi connectivity index (χ1v) is 7.06. The summed E-state index contributed by atoms with van der Waals surface area (Å²) in [5, 5.41) is 8.80. The van der Waals surface area contributed by atoms with Crippen molar-refractivity contribution in [1.29, 1.82) is 0 Å². The highest BCUT2D eigenvalue weighted by Crippen LogP contribution is 2.08. The molecule has 0 aromatic carbocycles. The third kappa shape index (κ3) is 2.64. The first-order valence-electron chi connectivity index (χ1n) is 7.06. The minimum absolute atomic E-state index is 0.115. The maximum atomic E-state index is 12.6. The Hall–Kier alpha value is -1.93. The number of unbranched alkanes of at least 4 members (excludes halogenated alkanes) is 1. The van der Waals surface area contributed by atoms with Gasteiger partial charge >= 0.3 is 5.69 Å². The molecular weight excluding hydrogens is 274 g/mol. The fraction of sp³-hybridized carbons (Fsp3) is 0.615. The smallest absolute Gasteiger partial charge is 0.325 e. The molecule has 2 N–H and O–H groups in total. The molecule has 1 atom stereocenters. The molecule has 116 valence electrons. The zero-order chi connectivity index (χ0) is 15.6. The molecule has 2 rings (SSSR count). The summed E-state index contributed by atoms with van der Waals surface area (Å²) in [6.45, 7) is 4.57. The summed E-state index contributed by atoms with van der Waals surface area (Å²) < 4.78 is 4.30. The lowest BCUT2D eigenvalue weighted by Crippen LogP contribution is -2.43. The van der Waals surface area contributed by atoms with Crippen molar-refractivity contribution in [3.8, 4) is 0 Å². The van der Waals surface area contributed by atoms with Crippen LogP contribution in [-0.2, 0) is 13.6 Å². The van der Waals surface area contributed by atoms with Crippen LogP contribution in [0.4, 0.5) is 0 Å². The molecule has 1 unspecified atom stereocenters. The monoisotopic (exact) mass is 295 g/mol. The van der Waals surface area contributed by atoms with Crippen LogP contribution < -0.4 is 16.7 Å². The highest BCUT2D eigenvalue weighted by molar-refractivity contribution is 5.69. The second-order valence-corrected chi connectivity index (χ2v) is 5.19. The SMILES string of the molecule is CCCCn1cnc2c1c(=O)n(C(C)CNO)c(=O)n2C. The fourth-order valence-corrected chi connectivity index (χ4v) is 2.40. The van der Waals surface area contributed by atoms with E-state index >= 15 is 0 Å². The van der Waals surface area contributed by atoms with E-state index < -0.39 is 11.7 Å². The Morgan fingerprint density at radius 3 is 2.76 bits per heavy atom. The molecule has 8 nitrogen and oxygen atoms in total. The molecule has 2 aromatic heterocycles. The molecule has 8 heteroatoms. The largest absolute Gasteiger partial charge is 0.332 e. The summed E-state index contributed by atoms with van der Waals surface area (Å²) in [6.07, 6.45) is 3.53. The molecule has 0 bridgehead atoms. The van der Waals surface area contributed by atoms with Crippen LogP contribution in [0.3, 0.4) is 0 Å². The van der Waals surface area contributed by atoms with Crippen molar-refractivity contribution in [2.24, 2.45) is 7.05 Å². The molecule has 0 saturated heterocycles. The molecule has 0 saturated carbocycles. The Labute approximate surface area is 121 Å². The molecule has 2 heterocycles. The van der Waals surface area contributed by atoms with Gasteiger partial charge < -0.3 is 9.77 Å². The van der Waals surface area contributed by atoms with Crippen molar-refractivity contribution < 1.29 is 5.21 Å². The molecule has 0 amide bonds. The van der Waals surface area contributed by atoms with Crippen molar-refractivity contribution >= 4 is 11.2 Å². The quantitative estimate of drug-likeness (QED) is 0.744. The maximum Gasteiger partial charge on any atom is 0.332 e. The first kappa shape index (κ1) is 15.5. The number of imidazole rings is 1. The standard InChI is InChI=1S/C13H21N5O3/c1-4-5-6-17-8-14-11-10(17)12(19)18(9(2)7-15-21)13(20)16(11)3/h8-9,15,21H,4-7H2,1-3H3. The summed E-state index contributed by atoms with van der Waals surface area (Å²) in [7, 11) is 1.59. The average molecular weight is 295 g/mol. The number of rotatable bonds is 6. The Balaban J connectivity index is 2.70. The van der Waals surface area contributed by atoms with Gasteiger partial charge in [0.2, 0.25) is 0 Å². The van der Waals surface area contributed by atoms with Crippen LogP contribution in [0.1, 0.15) is 32.7 Å². The number of nitrogens with one attached hydrogen (secondary N) is 1. The number of aryl methyl sites for hydroxylation is 2. The predicted molar refractivity (Wildman–Crippen MR) is 78.6 cm³/mol. The normalized spacial score (nSPS) is 13.0. The van der Waals surface area contributed by atoms with E-state index in [9.17, 15) is 9.59 Å². The second kappa shape index (κ2) is 6.23. The van der Waals surface area contributed by atoms with Gasteiger partial charge in [0.1, 0.15) is 0 Å². The molecule has 21 heavy (non-hydrogen) atoms. The van der Waals surface area contributed by atoms with Crippen LogP contribution >= 0.6 is 0 Å². The minimum atomic E-state index is -0.458. The fourth-order valence-electron chi connectivity index (χ4n) is 2.40. The van der Waals surface area contributed by atoms with Gasteiger partial charge in [-0.25, -0.2) is 15.3 Å². The van der Waals surface area contributed by atoms with Gasteiger partial charge in [-0.3, -0.25) is 13.9 Å². The van der Waals surface area contributed by atoms with E-state index in [0.29, 0.717) is 17.7 Å². The third-order valence-corrected chi connectivity index (χ3v) is 3.63. The van der Waals surface area contributed by atoms with Gasteiger partial charge in [0, 0.05) is 20.1 Å². The van der Waals surface area contributed by atoms with Gasteiger partial charge in [-0.1, -0.05) is 13.3 Å². The molecule has 0 spiro atoms. The Bertz CT molecular complexity index is 743. The van der Waals surface area contributed by atoms with Crippen LogP contribution in [0.2, 0.25) is 0 Å². The van der Waals surface area contributed by atoms with E-state index in [-0.39, 0.29) is 12.1 Å². The lowest BCUT2D eigenvalue weighted by molar-refractivity contribution is 0.151. The Kier molecular flexibility index (Phi) is 4.59. The van der Waals surface area contributed by atoms with E-state index in [2.05, 4.69) is 11.9 Å². The lowest BCUT2D eigenvalue weighted by Gasteiger charge is -2.15. The van der Waals surface area contributed by atoms with Gasteiger partial charge in [-0.15, -0.1) is 0 Å². The van der Waals surface area contributed by atoms with E-state index in [1.807, 2.05) is 5.48 Å². The van der Waals surface area contributed by atoms with Crippen LogP contribution in [0.5, 0.6) is 0 Å². The topological polar surface area (TPSA) is 94.1 Å². The molecule has 0 radical (unpaired) electrons. The van der Waals surface area contributed by atoms with Crippen LogP contribution in [0.25, 0.3) is 11.2 Å². The number of fused-ring (bicyclic) bond motifs is 1. The first-order chi connectivity index (χ1) is 10.0. The third-order valence-electron chi connectivity index (χ3n) is 3.63. The minimum Gasteiger partial charge on any atom is -0.325 e. The highest BCUT2D eigenvalue weighted by atomic mass is 16.5. The molecule has 0 fully saturated rings. The number of nitrogens with zero attached hydrogens (tertiary/aromatic N) is 4. The van der Waals surface area contributed by atoms with Crippen molar-refractivity contribution in [2.75, 3.05) is 6.54 Å². The molecule has 0 aliphatic carbocycles. The van der Waals surface area contributed by atoms with E-state index in [4.69, 9.17) is 5.21 Å². The molecule has 0 aliphatic rings. The zero-order valence-corrected chi connectivity index (χ0v) is 12.5. The van der Waals surface area contributed by atoms with Crippen LogP contribution in [0.15, 0.2) is 15.9 Å². The van der Waals surface area contributed by atoms with Gasteiger partial charge in [0.05, 0.1) is 12.4 Å². The molecule has 2 aromatic rings. The van der Waals surface area contributed by atoms with Gasteiger partial charge in [0.15, 0.2) is 11.2 Å². The maximum absolute atomic E-state index is 12.6. The summed E-state index contributed by atoms with van der Waals surface area (Å²) in [4.78, 5) is 29.1. The summed E-state index contributed by atoms with van der Waals surface area (Å²) >= 11 is 0. The predicted octanol–water partition coefficient (Wildman–Crippen LogP) is 0.237. The van der Waals surface area contributed by atoms with E-state index in [1.165, 1.54) is 4.57 Å². The average Bonchev–Trinajstić information content (AvgIpc) is 2.87. The summed E-state index contributed by atoms with van der Waals surface area (Å²) in [5.41, 5.74) is 2.01. The Morgan fingerprint density at radius 2 is 2.14 bits per heavy atom. The lowest BCUT2D eigenvalue weighted by atomic mass is 10.3. The van der Waals surface area contributed by atoms with Crippen LogP contribution in [-0.4, -0.2) is 30.4 Å². The molecule has 0 aliphatic heterocycles. The number of hydrogen-bond acceptors (Lipinski definition) is 5. The van der Waals surface area contributed by atoms with Gasteiger partial charge in [0.25, 0.3) is 5.56 Å². The molecular formula is C13H21N5O3.